The number of aromatic nitrogens is 1. The Kier molecular flexibility index (Phi) is 2.47. The van der Waals surface area contributed by atoms with E-state index in [0.29, 0.717) is 17.0 Å². The van der Waals surface area contributed by atoms with Crippen molar-refractivity contribution in [1.29, 1.82) is 0 Å². The number of rotatable bonds is 1. The molecule has 0 aliphatic heterocycles. The summed E-state index contributed by atoms with van der Waals surface area (Å²) < 4.78 is 4.77. The molecule has 0 N–H and O–H groups in total. The SMILES string of the molecule is Cc1noc(C)c1C(=O)N=C=S. The molecule has 5 heteroatoms. The van der Waals surface area contributed by atoms with Gasteiger partial charge in [0.2, 0.25) is 0 Å². The number of carbonyl (C=O) groups excluding carboxylic acids is 1. The smallest absolute Gasteiger partial charge is 0.291 e. The van der Waals surface area contributed by atoms with Crippen LogP contribution in [0, 0.1) is 13.8 Å². The van der Waals surface area contributed by atoms with E-state index in [2.05, 4.69) is 22.4 Å². The van der Waals surface area contributed by atoms with Crippen molar-refractivity contribution in [2.24, 2.45) is 4.99 Å². The van der Waals surface area contributed by atoms with Crippen molar-refractivity contribution < 1.29 is 9.32 Å². The first kappa shape index (κ1) is 8.77. The molecule has 0 unspecified atom stereocenters. The highest BCUT2D eigenvalue weighted by atomic mass is 32.1. The topological polar surface area (TPSA) is 55.5 Å². The number of aryl methyl sites for hydroxylation is 2. The minimum atomic E-state index is -0.457. The number of hydrogen-bond acceptors (Lipinski definition) is 4. The summed E-state index contributed by atoms with van der Waals surface area (Å²) in [6.45, 7) is 3.31. The lowest BCUT2D eigenvalue weighted by Gasteiger charge is -1.88. The Hall–Kier alpha value is -1.32. The van der Waals surface area contributed by atoms with Crippen molar-refractivity contribution in [3.05, 3.63) is 17.0 Å². The van der Waals surface area contributed by atoms with Gasteiger partial charge in [0.1, 0.15) is 11.3 Å². The maximum absolute atomic E-state index is 11.2. The lowest BCUT2D eigenvalue weighted by atomic mass is 10.2. The molecule has 0 saturated carbocycles. The van der Waals surface area contributed by atoms with Crippen molar-refractivity contribution in [2.45, 2.75) is 13.8 Å². The molecule has 0 spiro atoms. The van der Waals surface area contributed by atoms with E-state index >= 15 is 0 Å². The van der Waals surface area contributed by atoms with E-state index in [-0.39, 0.29) is 0 Å². The van der Waals surface area contributed by atoms with Crippen LogP contribution >= 0.6 is 12.2 Å². The molecule has 12 heavy (non-hydrogen) atoms. The van der Waals surface area contributed by atoms with Crippen molar-refractivity contribution in [2.75, 3.05) is 0 Å². The molecule has 1 rings (SSSR count). The fraction of sp³-hybridized carbons (Fsp3) is 0.286. The molecule has 0 saturated heterocycles. The van der Waals surface area contributed by atoms with Crippen LogP contribution in [0.5, 0.6) is 0 Å². The Morgan fingerprint density at radius 3 is 2.75 bits per heavy atom. The minimum Gasteiger partial charge on any atom is -0.361 e. The third kappa shape index (κ3) is 1.47. The van der Waals surface area contributed by atoms with Crippen LogP contribution in [0.15, 0.2) is 9.52 Å². The van der Waals surface area contributed by atoms with E-state index in [1.807, 2.05) is 5.16 Å². The maximum Gasteiger partial charge on any atom is 0.291 e. The zero-order valence-corrected chi connectivity index (χ0v) is 7.44. The van der Waals surface area contributed by atoms with E-state index in [4.69, 9.17) is 4.52 Å². The zero-order valence-electron chi connectivity index (χ0n) is 6.62. The highest BCUT2D eigenvalue weighted by molar-refractivity contribution is 7.78. The number of amides is 1. The van der Waals surface area contributed by atoms with Crippen LogP contribution in [-0.2, 0) is 0 Å². The van der Waals surface area contributed by atoms with E-state index < -0.39 is 5.91 Å². The van der Waals surface area contributed by atoms with Gasteiger partial charge in [0.05, 0.1) is 10.9 Å². The Labute approximate surface area is 74.3 Å². The molecule has 0 atom stereocenters. The molecule has 1 aromatic heterocycles. The average Bonchev–Trinajstić information content (AvgIpc) is 2.32. The van der Waals surface area contributed by atoms with Crippen molar-refractivity contribution in [3.8, 4) is 0 Å². The van der Waals surface area contributed by atoms with Gasteiger partial charge in [-0.1, -0.05) is 5.16 Å². The number of isothiocyanates is 1. The summed E-state index contributed by atoms with van der Waals surface area (Å²) in [6, 6.07) is 0. The quantitative estimate of drug-likeness (QED) is 0.488. The minimum absolute atomic E-state index is 0.368. The first-order valence-corrected chi connectivity index (χ1v) is 3.62. The van der Waals surface area contributed by atoms with Crippen LogP contribution in [0.1, 0.15) is 21.8 Å². The standard InChI is InChI=1S/C7H6N2O2S/c1-4-6(5(2)11-9-4)7(10)8-3-12/h1-2H3. The van der Waals surface area contributed by atoms with Gasteiger partial charge in [-0.2, -0.15) is 4.99 Å². The lowest BCUT2D eigenvalue weighted by molar-refractivity contribution is 0.100. The summed E-state index contributed by atoms with van der Waals surface area (Å²) in [5.74, 6) is -0.00671. The van der Waals surface area contributed by atoms with Crippen molar-refractivity contribution in [3.63, 3.8) is 0 Å². The molecule has 1 aromatic rings. The Bertz CT molecular complexity index is 344. The largest absolute Gasteiger partial charge is 0.361 e. The molecule has 1 amide bonds. The van der Waals surface area contributed by atoms with Crippen LogP contribution < -0.4 is 0 Å². The van der Waals surface area contributed by atoms with Gasteiger partial charge in [0, 0.05) is 0 Å². The van der Waals surface area contributed by atoms with Gasteiger partial charge in [-0.15, -0.1) is 0 Å². The van der Waals surface area contributed by atoms with Crippen molar-refractivity contribution in [1.82, 2.24) is 5.16 Å². The summed E-state index contributed by atoms with van der Waals surface area (Å²) in [6.07, 6.45) is 0. The van der Waals surface area contributed by atoms with Gasteiger partial charge >= 0.3 is 0 Å². The van der Waals surface area contributed by atoms with Gasteiger partial charge in [-0.05, 0) is 26.1 Å². The van der Waals surface area contributed by atoms with Gasteiger partial charge in [0.15, 0.2) is 0 Å². The molecule has 0 fully saturated rings. The van der Waals surface area contributed by atoms with Crippen LogP contribution in [0.2, 0.25) is 0 Å². The molecule has 0 aromatic carbocycles. The first-order chi connectivity index (χ1) is 5.66. The summed E-state index contributed by atoms with van der Waals surface area (Å²) in [4.78, 5) is 14.5. The highest BCUT2D eigenvalue weighted by Crippen LogP contribution is 2.12. The molecule has 0 aliphatic rings. The third-order valence-electron chi connectivity index (χ3n) is 1.39. The number of carbonyl (C=O) groups is 1. The second kappa shape index (κ2) is 3.38. The summed E-state index contributed by atoms with van der Waals surface area (Å²) in [5.41, 5.74) is 0.888. The average molecular weight is 182 g/mol. The van der Waals surface area contributed by atoms with Crippen LogP contribution in [-0.4, -0.2) is 16.2 Å². The van der Waals surface area contributed by atoms with Gasteiger partial charge in [-0.3, -0.25) is 4.79 Å². The monoisotopic (exact) mass is 182 g/mol. The number of aliphatic imine (C=N–C) groups is 1. The van der Waals surface area contributed by atoms with E-state index in [0.717, 1.165) is 0 Å². The third-order valence-corrected chi connectivity index (χ3v) is 1.49. The molecule has 62 valence electrons. The van der Waals surface area contributed by atoms with Crippen LogP contribution in [0.4, 0.5) is 0 Å². The molecular formula is C7H6N2O2S. The molecule has 0 aliphatic carbocycles. The van der Waals surface area contributed by atoms with Crippen LogP contribution in [0.25, 0.3) is 0 Å². The predicted octanol–water partition coefficient (Wildman–Crippen LogP) is 1.53. The van der Waals surface area contributed by atoms with E-state index in [1.165, 1.54) is 0 Å². The lowest BCUT2D eigenvalue weighted by Crippen LogP contribution is -1.96. The molecule has 4 nitrogen and oxygen atoms in total. The number of thiocarbonyl (C=S) groups is 1. The highest BCUT2D eigenvalue weighted by Gasteiger charge is 2.15. The van der Waals surface area contributed by atoms with Gasteiger partial charge in [0.25, 0.3) is 5.91 Å². The molecular weight excluding hydrogens is 176 g/mol. The molecule has 0 bridgehead atoms. The summed E-state index contributed by atoms with van der Waals surface area (Å²) in [5, 5.41) is 5.60. The second-order valence-electron chi connectivity index (χ2n) is 2.21. The number of hydrogen-bond donors (Lipinski definition) is 0. The molecule has 0 radical (unpaired) electrons. The Morgan fingerprint density at radius 2 is 2.33 bits per heavy atom. The summed E-state index contributed by atoms with van der Waals surface area (Å²) >= 11 is 4.30. The zero-order chi connectivity index (χ0) is 9.14. The first-order valence-electron chi connectivity index (χ1n) is 3.22. The van der Waals surface area contributed by atoms with Gasteiger partial charge in [-0.25, -0.2) is 0 Å². The Morgan fingerprint density at radius 1 is 1.67 bits per heavy atom. The van der Waals surface area contributed by atoms with E-state index in [9.17, 15) is 4.79 Å². The molecule has 1 heterocycles. The van der Waals surface area contributed by atoms with Gasteiger partial charge < -0.3 is 4.52 Å². The van der Waals surface area contributed by atoms with E-state index in [1.54, 1.807) is 13.8 Å². The predicted molar refractivity (Wildman–Crippen MR) is 45.3 cm³/mol. The summed E-state index contributed by atoms with van der Waals surface area (Å²) in [7, 11) is 0. The van der Waals surface area contributed by atoms with Crippen molar-refractivity contribution >= 4 is 23.3 Å². The fourth-order valence-electron chi connectivity index (χ4n) is 0.886. The fourth-order valence-corrected chi connectivity index (χ4v) is 0.969. The second-order valence-corrected chi connectivity index (χ2v) is 2.39. The number of nitrogens with zero attached hydrogens (tertiary/aromatic N) is 2. The maximum atomic E-state index is 11.2. The van der Waals surface area contributed by atoms with Crippen LogP contribution in [0.3, 0.4) is 0 Å². The normalized spacial score (nSPS) is 9.17. The Balaban J connectivity index is 3.17.